The van der Waals surface area contributed by atoms with Crippen LogP contribution >= 0.6 is 0 Å². The number of anilines is 2. The van der Waals surface area contributed by atoms with Crippen molar-refractivity contribution in [1.82, 2.24) is 24.4 Å². The number of nitrogens with zero attached hydrogens (tertiary/aromatic N) is 6. The highest BCUT2D eigenvalue weighted by Crippen LogP contribution is 2.25. The second kappa shape index (κ2) is 13.5. The fraction of sp³-hybridized carbons (Fsp3) is 0.438. The minimum Gasteiger partial charge on any atom is -0.497 e. The topological polar surface area (TPSA) is 88.4 Å². The summed E-state index contributed by atoms with van der Waals surface area (Å²) in [5.74, 6) is 2.81. The van der Waals surface area contributed by atoms with E-state index in [-0.39, 0.29) is 5.91 Å². The number of ether oxygens (including phenoxy) is 1. The maximum atomic E-state index is 13.1. The molecule has 1 fully saturated rings. The van der Waals surface area contributed by atoms with Gasteiger partial charge >= 0.3 is 0 Å². The molecule has 1 amide bonds. The predicted molar refractivity (Wildman–Crippen MR) is 164 cm³/mol. The Bertz CT molecular complexity index is 1410. The fourth-order valence-corrected chi connectivity index (χ4v) is 5.30. The molecular weight excluding hydrogens is 514 g/mol. The van der Waals surface area contributed by atoms with Gasteiger partial charge in [-0.2, -0.15) is 9.97 Å². The number of nitrogens with one attached hydrogen (secondary N) is 1. The number of hydrogen-bond donors (Lipinski definition) is 1. The van der Waals surface area contributed by atoms with Crippen LogP contribution in [0.2, 0.25) is 0 Å². The van der Waals surface area contributed by atoms with E-state index in [4.69, 9.17) is 19.7 Å². The third-order valence-electron chi connectivity index (χ3n) is 7.94. The van der Waals surface area contributed by atoms with Crippen LogP contribution in [0.4, 0.5) is 11.8 Å². The third-order valence-corrected chi connectivity index (χ3v) is 7.94. The van der Waals surface area contributed by atoms with Gasteiger partial charge in [-0.1, -0.05) is 63.4 Å². The lowest BCUT2D eigenvalue weighted by molar-refractivity contribution is 0.0746. The third kappa shape index (κ3) is 6.78. The number of aromatic nitrogens is 4. The average molecular weight is 556 g/mol. The van der Waals surface area contributed by atoms with Crippen LogP contribution < -0.4 is 15.0 Å². The molecule has 9 heteroatoms. The molecule has 2 aromatic carbocycles. The van der Waals surface area contributed by atoms with Gasteiger partial charge in [-0.05, 0) is 42.2 Å². The van der Waals surface area contributed by atoms with Crippen molar-refractivity contribution in [1.29, 1.82) is 0 Å². The summed E-state index contributed by atoms with van der Waals surface area (Å²) >= 11 is 0. The van der Waals surface area contributed by atoms with Crippen molar-refractivity contribution in [3.05, 3.63) is 72.1 Å². The van der Waals surface area contributed by atoms with E-state index in [0.717, 1.165) is 35.7 Å². The quantitative estimate of drug-likeness (QED) is 0.248. The zero-order chi connectivity index (χ0) is 28.6. The first kappa shape index (κ1) is 28.4. The number of carbonyl (C=O) groups is 1. The van der Waals surface area contributed by atoms with Crippen molar-refractivity contribution in [2.45, 2.75) is 46.1 Å². The van der Waals surface area contributed by atoms with Crippen LogP contribution in [-0.4, -0.2) is 70.2 Å². The van der Waals surface area contributed by atoms with Gasteiger partial charge < -0.3 is 24.4 Å². The summed E-state index contributed by atoms with van der Waals surface area (Å²) in [6.07, 6.45) is 6.63. The van der Waals surface area contributed by atoms with Crippen molar-refractivity contribution in [3.63, 3.8) is 0 Å². The normalized spacial score (nSPS) is 14.3. The van der Waals surface area contributed by atoms with Crippen LogP contribution in [0.3, 0.4) is 0 Å². The van der Waals surface area contributed by atoms with Crippen LogP contribution in [0.25, 0.3) is 11.2 Å². The number of imidazole rings is 1. The van der Waals surface area contributed by atoms with E-state index in [1.54, 1.807) is 7.11 Å². The minimum atomic E-state index is 0.0321. The van der Waals surface area contributed by atoms with Crippen molar-refractivity contribution >= 4 is 28.8 Å². The lowest BCUT2D eigenvalue weighted by Crippen LogP contribution is -2.49. The van der Waals surface area contributed by atoms with Crippen LogP contribution in [0.15, 0.2) is 60.9 Å². The highest BCUT2D eigenvalue weighted by Gasteiger charge is 2.25. The SMILES string of the molecule is CCCCC(CC)CNc1nc(N2CCN(C(=O)c3ccc(OC)cc3)CC2)nc2c1ncn2Cc1ccccc1. The summed E-state index contributed by atoms with van der Waals surface area (Å²) in [6, 6.07) is 17.7. The molecule has 1 unspecified atom stereocenters. The molecule has 1 aliphatic rings. The van der Waals surface area contributed by atoms with Gasteiger partial charge in [0.25, 0.3) is 5.91 Å². The molecule has 5 rings (SSSR count). The number of methoxy groups -OCH3 is 1. The van der Waals surface area contributed by atoms with Crippen molar-refractivity contribution in [2.24, 2.45) is 5.92 Å². The second-order valence-electron chi connectivity index (χ2n) is 10.7. The lowest BCUT2D eigenvalue weighted by atomic mass is 9.99. The van der Waals surface area contributed by atoms with Crippen LogP contribution in [0.5, 0.6) is 5.75 Å². The van der Waals surface area contributed by atoms with E-state index < -0.39 is 0 Å². The van der Waals surface area contributed by atoms with E-state index in [0.29, 0.717) is 50.2 Å². The number of unbranched alkanes of at least 4 members (excludes halogenated alkanes) is 1. The maximum Gasteiger partial charge on any atom is 0.253 e. The number of carbonyl (C=O) groups excluding carboxylic acids is 1. The van der Waals surface area contributed by atoms with Crippen molar-refractivity contribution in [2.75, 3.05) is 50.1 Å². The monoisotopic (exact) mass is 555 g/mol. The molecule has 0 aliphatic carbocycles. The molecule has 0 saturated carbocycles. The Morgan fingerprint density at radius 1 is 1.00 bits per heavy atom. The summed E-state index contributed by atoms with van der Waals surface area (Å²) in [6.45, 7) is 8.57. The predicted octanol–water partition coefficient (Wildman–Crippen LogP) is 5.47. The average Bonchev–Trinajstić information content (AvgIpc) is 3.43. The number of fused-ring (bicyclic) bond motifs is 1. The lowest BCUT2D eigenvalue weighted by Gasteiger charge is -2.35. The Hall–Kier alpha value is -4.14. The first-order valence-electron chi connectivity index (χ1n) is 14.8. The molecule has 0 bridgehead atoms. The van der Waals surface area contributed by atoms with Crippen molar-refractivity contribution in [3.8, 4) is 5.75 Å². The van der Waals surface area contributed by atoms with Gasteiger partial charge in [-0.15, -0.1) is 0 Å². The summed E-state index contributed by atoms with van der Waals surface area (Å²) < 4.78 is 7.33. The van der Waals surface area contributed by atoms with Crippen LogP contribution in [-0.2, 0) is 6.54 Å². The molecule has 1 N–H and O–H groups in total. The van der Waals surface area contributed by atoms with E-state index in [1.165, 1.54) is 24.8 Å². The Morgan fingerprint density at radius 3 is 2.44 bits per heavy atom. The van der Waals surface area contributed by atoms with E-state index in [2.05, 4.69) is 52.9 Å². The molecule has 3 heterocycles. The standard InChI is InChI=1S/C32H41N7O2/c1-4-6-10-24(5-2)21-33-29-28-30(39(23-34-28)22-25-11-8-7-9-12-25)36-32(35-29)38-19-17-37(18-20-38)31(40)26-13-15-27(41-3)16-14-26/h7-9,11-16,23-24H,4-6,10,17-22H2,1-3H3,(H,33,35,36). The van der Waals surface area contributed by atoms with Gasteiger partial charge in [0.2, 0.25) is 5.95 Å². The summed E-state index contributed by atoms with van der Waals surface area (Å²) in [4.78, 5) is 31.9. The summed E-state index contributed by atoms with van der Waals surface area (Å²) in [7, 11) is 1.62. The maximum absolute atomic E-state index is 13.1. The molecule has 1 saturated heterocycles. The van der Waals surface area contributed by atoms with Crippen LogP contribution in [0.1, 0.15) is 55.5 Å². The highest BCUT2D eigenvalue weighted by molar-refractivity contribution is 5.94. The summed E-state index contributed by atoms with van der Waals surface area (Å²) in [5, 5.41) is 3.63. The summed E-state index contributed by atoms with van der Waals surface area (Å²) in [5.41, 5.74) is 3.47. The Morgan fingerprint density at radius 2 is 1.76 bits per heavy atom. The zero-order valence-corrected chi connectivity index (χ0v) is 24.4. The highest BCUT2D eigenvalue weighted by atomic mass is 16.5. The van der Waals surface area contributed by atoms with Gasteiger partial charge in [-0.3, -0.25) is 4.79 Å². The molecule has 4 aromatic rings. The molecule has 41 heavy (non-hydrogen) atoms. The molecule has 0 radical (unpaired) electrons. The first-order chi connectivity index (χ1) is 20.1. The fourth-order valence-electron chi connectivity index (χ4n) is 5.30. The number of benzene rings is 2. The van der Waals surface area contributed by atoms with Crippen molar-refractivity contribution < 1.29 is 9.53 Å². The Kier molecular flexibility index (Phi) is 9.33. The second-order valence-corrected chi connectivity index (χ2v) is 10.7. The molecule has 216 valence electrons. The van der Waals surface area contributed by atoms with Gasteiger partial charge in [0, 0.05) is 38.3 Å². The molecule has 9 nitrogen and oxygen atoms in total. The van der Waals surface area contributed by atoms with Gasteiger partial charge in [-0.25, -0.2) is 4.98 Å². The smallest absolute Gasteiger partial charge is 0.253 e. The number of amides is 1. The molecular formula is C32H41N7O2. The molecule has 2 aromatic heterocycles. The van der Waals surface area contributed by atoms with E-state index in [9.17, 15) is 4.79 Å². The van der Waals surface area contributed by atoms with Gasteiger partial charge in [0.1, 0.15) is 5.75 Å². The Balaban J connectivity index is 1.36. The molecule has 1 atom stereocenters. The number of piperazine rings is 1. The largest absolute Gasteiger partial charge is 0.497 e. The zero-order valence-electron chi connectivity index (χ0n) is 24.4. The van der Waals surface area contributed by atoms with Crippen LogP contribution in [0, 0.1) is 5.92 Å². The van der Waals surface area contributed by atoms with Gasteiger partial charge in [0.15, 0.2) is 17.0 Å². The van der Waals surface area contributed by atoms with E-state index >= 15 is 0 Å². The minimum absolute atomic E-state index is 0.0321. The molecule has 0 spiro atoms. The Labute approximate surface area is 242 Å². The molecule has 1 aliphatic heterocycles. The first-order valence-corrected chi connectivity index (χ1v) is 14.8. The number of rotatable bonds is 12. The van der Waals surface area contributed by atoms with Gasteiger partial charge in [0.05, 0.1) is 20.0 Å². The number of hydrogen-bond acceptors (Lipinski definition) is 7. The van der Waals surface area contributed by atoms with E-state index in [1.807, 2.05) is 41.6 Å².